The third-order valence-electron chi connectivity index (χ3n) is 3.75. The third kappa shape index (κ3) is 3.76. The molecule has 2 rings (SSSR count). The summed E-state index contributed by atoms with van der Waals surface area (Å²) in [7, 11) is 0. The van der Waals surface area contributed by atoms with Crippen LogP contribution in [0.25, 0.3) is 0 Å². The van der Waals surface area contributed by atoms with Gasteiger partial charge in [-0.05, 0) is 43.4 Å². The summed E-state index contributed by atoms with van der Waals surface area (Å²) in [6, 6.07) is 6.96. The molecule has 0 aromatic heterocycles. The number of nitriles is 1. The van der Waals surface area contributed by atoms with Gasteiger partial charge in [0.05, 0.1) is 5.56 Å². The van der Waals surface area contributed by atoms with Crippen LogP contribution in [-0.2, 0) is 11.3 Å². The Hall–Kier alpha value is -1.44. The molecule has 1 aliphatic rings. The molecule has 0 amide bonds. The second-order valence-electron chi connectivity index (χ2n) is 5.05. The van der Waals surface area contributed by atoms with Crippen molar-refractivity contribution in [1.29, 1.82) is 5.26 Å². The van der Waals surface area contributed by atoms with Crippen molar-refractivity contribution in [3.8, 4) is 6.07 Å². The lowest BCUT2D eigenvalue weighted by Crippen LogP contribution is -2.36. The van der Waals surface area contributed by atoms with Gasteiger partial charge in [-0.1, -0.05) is 6.07 Å². The molecule has 102 valence electrons. The van der Waals surface area contributed by atoms with Gasteiger partial charge in [0.15, 0.2) is 0 Å². The molecule has 1 atom stereocenters. The fraction of sp³-hybridized carbons (Fsp3) is 0.533. The van der Waals surface area contributed by atoms with E-state index in [1.165, 1.54) is 6.07 Å². The van der Waals surface area contributed by atoms with Gasteiger partial charge >= 0.3 is 0 Å². The smallest absolute Gasteiger partial charge is 0.140 e. The van der Waals surface area contributed by atoms with Gasteiger partial charge < -0.3 is 10.1 Å². The molecule has 1 N–H and O–H groups in total. The van der Waals surface area contributed by atoms with Crippen LogP contribution in [0.2, 0.25) is 0 Å². The normalized spacial score (nSPS) is 17.9. The zero-order valence-corrected chi connectivity index (χ0v) is 11.2. The predicted octanol–water partition coefficient (Wildman–Crippen LogP) is 2.60. The third-order valence-corrected chi connectivity index (χ3v) is 3.75. The van der Waals surface area contributed by atoms with Gasteiger partial charge in [0.2, 0.25) is 0 Å². The Bertz CT molecular complexity index is 464. The minimum Gasteiger partial charge on any atom is -0.381 e. The number of hydrogen-bond acceptors (Lipinski definition) is 3. The highest BCUT2D eigenvalue weighted by atomic mass is 19.1. The Morgan fingerprint density at radius 2 is 2.21 bits per heavy atom. The molecule has 1 heterocycles. The lowest BCUT2D eigenvalue weighted by Gasteiger charge is -2.28. The summed E-state index contributed by atoms with van der Waals surface area (Å²) >= 11 is 0. The number of nitrogens with zero attached hydrogens (tertiary/aromatic N) is 1. The van der Waals surface area contributed by atoms with Crippen molar-refractivity contribution in [2.24, 2.45) is 5.92 Å². The Labute approximate surface area is 113 Å². The van der Waals surface area contributed by atoms with E-state index in [-0.39, 0.29) is 5.56 Å². The highest BCUT2D eigenvalue weighted by Gasteiger charge is 2.19. The summed E-state index contributed by atoms with van der Waals surface area (Å²) < 4.78 is 18.6. The lowest BCUT2D eigenvalue weighted by atomic mass is 9.93. The van der Waals surface area contributed by atoms with Crippen molar-refractivity contribution in [2.45, 2.75) is 32.4 Å². The molecule has 1 aromatic carbocycles. The first-order valence-electron chi connectivity index (χ1n) is 6.70. The molecule has 0 radical (unpaired) electrons. The van der Waals surface area contributed by atoms with Crippen molar-refractivity contribution < 1.29 is 9.13 Å². The van der Waals surface area contributed by atoms with E-state index < -0.39 is 5.82 Å². The van der Waals surface area contributed by atoms with E-state index >= 15 is 0 Å². The maximum absolute atomic E-state index is 13.2. The van der Waals surface area contributed by atoms with Crippen LogP contribution in [0.5, 0.6) is 0 Å². The zero-order valence-electron chi connectivity index (χ0n) is 11.2. The van der Waals surface area contributed by atoms with Gasteiger partial charge in [-0.15, -0.1) is 0 Å². The SMILES string of the molecule is C[C@H](NCc1ccc(F)c(C#N)c1)C1CCOCC1. The molecular formula is C15H19FN2O. The average Bonchev–Trinajstić information content (AvgIpc) is 2.47. The molecule has 4 heteroatoms. The maximum Gasteiger partial charge on any atom is 0.140 e. The summed E-state index contributed by atoms with van der Waals surface area (Å²) in [4.78, 5) is 0. The summed E-state index contributed by atoms with van der Waals surface area (Å²) in [5, 5.41) is 12.3. The Morgan fingerprint density at radius 1 is 1.47 bits per heavy atom. The average molecular weight is 262 g/mol. The van der Waals surface area contributed by atoms with Gasteiger partial charge in [0, 0.05) is 25.8 Å². The van der Waals surface area contributed by atoms with Crippen molar-refractivity contribution in [1.82, 2.24) is 5.32 Å². The quantitative estimate of drug-likeness (QED) is 0.907. The van der Waals surface area contributed by atoms with Crippen LogP contribution in [-0.4, -0.2) is 19.3 Å². The monoisotopic (exact) mass is 262 g/mol. The van der Waals surface area contributed by atoms with E-state index in [1.807, 2.05) is 6.07 Å². The molecule has 1 aromatic rings. The van der Waals surface area contributed by atoms with E-state index in [0.29, 0.717) is 18.5 Å². The van der Waals surface area contributed by atoms with Crippen molar-refractivity contribution in [3.63, 3.8) is 0 Å². The number of benzene rings is 1. The summed E-state index contributed by atoms with van der Waals surface area (Å²) in [6.07, 6.45) is 2.17. The first-order chi connectivity index (χ1) is 9.20. The fourth-order valence-electron chi connectivity index (χ4n) is 2.43. The summed E-state index contributed by atoms with van der Waals surface area (Å²) in [5.41, 5.74) is 1.05. The number of hydrogen-bond donors (Lipinski definition) is 1. The fourth-order valence-corrected chi connectivity index (χ4v) is 2.43. The molecule has 1 fully saturated rings. The topological polar surface area (TPSA) is 45.0 Å². The summed E-state index contributed by atoms with van der Waals surface area (Å²) in [6.45, 7) is 4.51. The predicted molar refractivity (Wildman–Crippen MR) is 71.0 cm³/mol. The molecule has 0 spiro atoms. The molecular weight excluding hydrogens is 243 g/mol. The minimum atomic E-state index is -0.455. The van der Waals surface area contributed by atoms with Gasteiger partial charge in [-0.2, -0.15) is 5.26 Å². The zero-order chi connectivity index (χ0) is 13.7. The summed E-state index contributed by atoms with van der Waals surface area (Å²) in [5.74, 6) is 0.174. The Morgan fingerprint density at radius 3 is 2.89 bits per heavy atom. The largest absolute Gasteiger partial charge is 0.381 e. The first-order valence-corrected chi connectivity index (χ1v) is 6.70. The van der Waals surface area contributed by atoms with Gasteiger partial charge in [-0.3, -0.25) is 0 Å². The standard InChI is InChI=1S/C15H19FN2O/c1-11(13-4-6-19-7-5-13)18-10-12-2-3-15(16)14(8-12)9-17/h2-3,8,11,13,18H,4-7,10H2,1H3/t11-/m0/s1. The Kier molecular flexibility index (Phi) is 4.89. The highest BCUT2D eigenvalue weighted by molar-refractivity contribution is 5.34. The number of ether oxygens (including phenoxy) is 1. The van der Waals surface area contributed by atoms with E-state index in [4.69, 9.17) is 10.00 Å². The molecule has 0 aliphatic carbocycles. The van der Waals surface area contributed by atoms with E-state index in [0.717, 1.165) is 31.6 Å². The van der Waals surface area contributed by atoms with Gasteiger partial charge in [0.25, 0.3) is 0 Å². The van der Waals surface area contributed by atoms with Crippen molar-refractivity contribution >= 4 is 0 Å². The second kappa shape index (κ2) is 6.65. The van der Waals surface area contributed by atoms with Gasteiger partial charge in [0.1, 0.15) is 11.9 Å². The number of rotatable bonds is 4. The molecule has 1 saturated heterocycles. The number of nitrogens with one attached hydrogen (secondary N) is 1. The molecule has 19 heavy (non-hydrogen) atoms. The maximum atomic E-state index is 13.2. The van der Waals surface area contributed by atoms with Crippen LogP contribution >= 0.6 is 0 Å². The molecule has 0 saturated carbocycles. The van der Waals surface area contributed by atoms with Crippen LogP contribution in [0.1, 0.15) is 30.9 Å². The van der Waals surface area contributed by atoms with E-state index in [1.54, 1.807) is 12.1 Å². The van der Waals surface area contributed by atoms with Crippen LogP contribution in [0, 0.1) is 23.1 Å². The Balaban J connectivity index is 1.89. The second-order valence-corrected chi connectivity index (χ2v) is 5.05. The molecule has 1 aliphatic heterocycles. The molecule has 0 bridgehead atoms. The van der Waals surface area contributed by atoms with Gasteiger partial charge in [-0.25, -0.2) is 4.39 Å². The van der Waals surface area contributed by atoms with Crippen LogP contribution in [0.4, 0.5) is 4.39 Å². The number of halogens is 1. The van der Waals surface area contributed by atoms with Crippen molar-refractivity contribution in [3.05, 3.63) is 35.1 Å². The first kappa shape index (κ1) is 14.0. The van der Waals surface area contributed by atoms with Crippen LogP contribution in [0.3, 0.4) is 0 Å². The molecule has 0 unspecified atom stereocenters. The van der Waals surface area contributed by atoms with Crippen LogP contribution in [0.15, 0.2) is 18.2 Å². The van der Waals surface area contributed by atoms with Crippen molar-refractivity contribution in [2.75, 3.05) is 13.2 Å². The minimum absolute atomic E-state index is 0.109. The lowest BCUT2D eigenvalue weighted by molar-refractivity contribution is 0.0558. The van der Waals surface area contributed by atoms with E-state index in [2.05, 4.69) is 12.2 Å². The molecule has 3 nitrogen and oxygen atoms in total. The van der Waals surface area contributed by atoms with Crippen LogP contribution < -0.4 is 5.32 Å². The highest BCUT2D eigenvalue weighted by Crippen LogP contribution is 2.19. The van der Waals surface area contributed by atoms with E-state index in [9.17, 15) is 4.39 Å².